The molecular weight excluding hydrogens is 412 g/mol. The Balaban J connectivity index is 3.45. The number of unbranched alkanes of at least 4 members (excludes halogenated alkanes) is 12. The molecule has 2 N–H and O–H groups in total. The number of nitrogens with one attached hydrogen (secondary N) is 1. The number of nitrogens with zero attached hydrogens (tertiary/aromatic N) is 1. The van der Waals surface area contributed by atoms with Crippen LogP contribution >= 0.6 is 0 Å². The summed E-state index contributed by atoms with van der Waals surface area (Å²) in [6.45, 7) is 4.48. The van der Waals surface area contributed by atoms with E-state index in [1.807, 2.05) is 14.1 Å². The summed E-state index contributed by atoms with van der Waals surface area (Å²) in [6.07, 6.45) is 19.0. The first-order valence-electron chi connectivity index (χ1n) is 12.7. The molecule has 0 aliphatic heterocycles. The van der Waals surface area contributed by atoms with Crippen LogP contribution in [0.1, 0.15) is 110 Å². The van der Waals surface area contributed by atoms with Crippen LogP contribution in [-0.4, -0.2) is 62.8 Å². The molecule has 31 heavy (non-hydrogen) atoms. The van der Waals surface area contributed by atoms with Crippen molar-refractivity contribution in [1.29, 1.82) is 0 Å². The fourth-order valence-corrected chi connectivity index (χ4v) is 4.41. The Morgan fingerprint density at radius 2 is 1.19 bits per heavy atom. The number of hydrogen-bond acceptors (Lipinski definition) is 3. The molecule has 0 aromatic heterocycles. The summed E-state index contributed by atoms with van der Waals surface area (Å²) < 4.78 is 31.1. The molecule has 0 rings (SSSR count). The van der Waals surface area contributed by atoms with Crippen molar-refractivity contribution in [3.8, 4) is 0 Å². The molecule has 0 radical (unpaired) electrons. The molecule has 0 atom stereocenters. The summed E-state index contributed by atoms with van der Waals surface area (Å²) in [5.74, 6) is -0.0513. The molecule has 0 bridgehead atoms. The predicted molar refractivity (Wildman–Crippen MR) is 131 cm³/mol. The highest BCUT2D eigenvalue weighted by atomic mass is 32.2. The molecule has 0 unspecified atom stereocenters. The fourth-order valence-electron chi connectivity index (χ4n) is 3.91. The average Bonchev–Trinajstić information content (AvgIpc) is 2.67. The smallest absolute Gasteiger partial charge is 0.265 e. The van der Waals surface area contributed by atoms with Crippen LogP contribution in [0, 0.1) is 0 Å². The Hall–Kier alpha value is -0.660. The molecule has 0 saturated carbocycles. The van der Waals surface area contributed by atoms with E-state index in [-0.39, 0.29) is 11.7 Å². The summed E-state index contributed by atoms with van der Waals surface area (Å²) in [4.78, 5) is 11.9. The van der Waals surface area contributed by atoms with E-state index in [1.54, 1.807) is 0 Å². The average molecular weight is 464 g/mol. The van der Waals surface area contributed by atoms with Gasteiger partial charge in [-0.3, -0.25) is 9.35 Å². The predicted octanol–water partition coefficient (Wildman–Crippen LogP) is 5.33. The van der Waals surface area contributed by atoms with Crippen molar-refractivity contribution in [2.45, 2.75) is 110 Å². The van der Waals surface area contributed by atoms with E-state index in [4.69, 9.17) is 4.55 Å². The van der Waals surface area contributed by atoms with Crippen LogP contribution in [0.15, 0.2) is 0 Å². The molecule has 1 amide bonds. The number of carbonyl (C=O) groups is 1. The summed E-state index contributed by atoms with van der Waals surface area (Å²) >= 11 is 0. The second-order valence-electron chi connectivity index (χ2n) is 9.72. The molecule has 0 aromatic rings. The van der Waals surface area contributed by atoms with Crippen LogP contribution in [0.5, 0.6) is 0 Å². The Morgan fingerprint density at radius 1 is 0.742 bits per heavy atom. The van der Waals surface area contributed by atoms with Gasteiger partial charge in [-0.2, -0.15) is 8.42 Å². The summed E-state index contributed by atoms with van der Waals surface area (Å²) in [5, 5.41) is 2.99. The van der Waals surface area contributed by atoms with E-state index in [0.717, 1.165) is 25.8 Å². The Bertz CT molecular complexity index is 536. The van der Waals surface area contributed by atoms with E-state index in [0.29, 0.717) is 30.4 Å². The molecule has 0 spiro atoms. The SMILES string of the molecule is CCCCCCCCCCCCCCCC(=O)NCCC[N+](C)(C)CCCS(=O)(=O)O. The van der Waals surface area contributed by atoms with Gasteiger partial charge in [-0.05, 0) is 6.42 Å². The van der Waals surface area contributed by atoms with Gasteiger partial charge in [-0.1, -0.05) is 84.0 Å². The van der Waals surface area contributed by atoms with Gasteiger partial charge >= 0.3 is 0 Å². The summed E-state index contributed by atoms with van der Waals surface area (Å²) in [6, 6.07) is 0. The summed E-state index contributed by atoms with van der Waals surface area (Å²) in [5.41, 5.74) is 0. The first-order valence-corrected chi connectivity index (χ1v) is 14.3. The van der Waals surface area contributed by atoms with Crippen LogP contribution in [0.25, 0.3) is 0 Å². The van der Waals surface area contributed by atoms with Crippen LogP contribution < -0.4 is 5.32 Å². The normalized spacial score (nSPS) is 12.3. The third-order valence-corrected chi connectivity index (χ3v) is 6.74. The molecule has 6 nitrogen and oxygen atoms in total. The molecular formula is C24H51N2O4S+. The van der Waals surface area contributed by atoms with Crippen molar-refractivity contribution < 1.29 is 22.2 Å². The highest BCUT2D eigenvalue weighted by Crippen LogP contribution is 2.13. The van der Waals surface area contributed by atoms with Gasteiger partial charge in [0, 0.05) is 25.8 Å². The van der Waals surface area contributed by atoms with Crippen molar-refractivity contribution >= 4 is 16.0 Å². The summed E-state index contributed by atoms with van der Waals surface area (Å²) in [7, 11) is 0.208. The van der Waals surface area contributed by atoms with E-state index in [9.17, 15) is 13.2 Å². The Kier molecular flexibility index (Phi) is 18.5. The first-order chi connectivity index (χ1) is 14.7. The molecule has 0 aliphatic rings. The van der Waals surface area contributed by atoms with Crippen LogP contribution in [-0.2, 0) is 14.9 Å². The van der Waals surface area contributed by atoms with Gasteiger partial charge in [-0.25, -0.2) is 0 Å². The molecule has 7 heteroatoms. The minimum absolute atomic E-state index is 0.139. The molecule has 0 aromatic carbocycles. The Morgan fingerprint density at radius 3 is 1.68 bits per heavy atom. The van der Waals surface area contributed by atoms with Gasteiger partial charge < -0.3 is 9.80 Å². The van der Waals surface area contributed by atoms with E-state index >= 15 is 0 Å². The van der Waals surface area contributed by atoms with Crippen LogP contribution in [0.3, 0.4) is 0 Å². The van der Waals surface area contributed by atoms with Gasteiger partial charge in [0.05, 0.1) is 32.9 Å². The highest BCUT2D eigenvalue weighted by Gasteiger charge is 2.16. The van der Waals surface area contributed by atoms with Gasteiger partial charge in [0.2, 0.25) is 5.91 Å². The zero-order valence-electron chi connectivity index (χ0n) is 20.7. The van der Waals surface area contributed by atoms with Gasteiger partial charge in [0.25, 0.3) is 10.1 Å². The van der Waals surface area contributed by atoms with Crippen molar-refractivity contribution in [2.24, 2.45) is 0 Å². The van der Waals surface area contributed by atoms with Crippen molar-refractivity contribution in [3.05, 3.63) is 0 Å². The molecule has 0 saturated heterocycles. The van der Waals surface area contributed by atoms with Crippen molar-refractivity contribution in [2.75, 3.05) is 39.5 Å². The minimum atomic E-state index is -3.87. The number of amides is 1. The first kappa shape index (κ1) is 30.3. The molecule has 0 aliphatic carbocycles. The quantitative estimate of drug-likeness (QED) is 0.129. The maximum absolute atomic E-state index is 11.9. The maximum atomic E-state index is 11.9. The van der Waals surface area contributed by atoms with Crippen molar-refractivity contribution in [1.82, 2.24) is 5.32 Å². The molecule has 0 fully saturated rings. The Labute approximate surface area is 192 Å². The van der Waals surface area contributed by atoms with Gasteiger partial charge in [0.15, 0.2) is 0 Å². The largest absolute Gasteiger partial charge is 0.356 e. The van der Waals surface area contributed by atoms with E-state index in [2.05, 4.69) is 12.2 Å². The molecule has 186 valence electrons. The lowest BCUT2D eigenvalue weighted by molar-refractivity contribution is -0.890. The third-order valence-electron chi connectivity index (χ3n) is 5.94. The van der Waals surface area contributed by atoms with Crippen LogP contribution in [0.2, 0.25) is 0 Å². The zero-order chi connectivity index (χ0) is 23.4. The van der Waals surface area contributed by atoms with E-state index in [1.165, 1.54) is 70.6 Å². The zero-order valence-corrected chi connectivity index (χ0v) is 21.5. The van der Waals surface area contributed by atoms with Crippen molar-refractivity contribution in [3.63, 3.8) is 0 Å². The van der Waals surface area contributed by atoms with Gasteiger partial charge in [-0.15, -0.1) is 0 Å². The fraction of sp³-hybridized carbons (Fsp3) is 0.958. The lowest BCUT2D eigenvalue weighted by atomic mass is 10.0. The number of hydrogen-bond donors (Lipinski definition) is 2. The topological polar surface area (TPSA) is 83.5 Å². The van der Waals surface area contributed by atoms with E-state index < -0.39 is 10.1 Å². The van der Waals surface area contributed by atoms with Gasteiger partial charge in [0.1, 0.15) is 0 Å². The highest BCUT2D eigenvalue weighted by molar-refractivity contribution is 7.85. The van der Waals surface area contributed by atoms with Crippen LogP contribution in [0.4, 0.5) is 0 Å². The monoisotopic (exact) mass is 463 g/mol. The minimum Gasteiger partial charge on any atom is -0.356 e. The second-order valence-corrected chi connectivity index (χ2v) is 11.3. The number of quaternary nitrogens is 1. The second kappa shape index (κ2) is 18.9. The molecule has 0 heterocycles. The number of carbonyl (C=O) groups excluding carboxylic acids is 1. The lowest BCUT2D eigenvalue weighted by Gasteiger charge is -2.29. The third kappa shape index (κ3) is 23.8. The maximum Gasteiger partial charge on any atom is 0.265 e. The lowest BCUT2D eigenvalue weighted by Crippen LogP contribution is -2.43. The standard InChI is InChI=1S/C24H50N2O4S/c1-4-5-6-7-8-9-10-11-12-13-14-15-16-19-24(27)25-20-17-21-26(2,3)22-18-23-31(28,29)30/h4-23H2,1-3H3,(H-,25,27,28,29,30)/p+1. The number of rotatable bonds is 22.